The third kappa shape index (κ3) is 4.85. The normalized spacial score (nSPS) is 14.5. The molecule has 0 spiro atoms. The summed E-state index contributed by atoms with van der Waals surface area (Å²) in [4.78, 5) is 35.2. The van der Waals surface area contributed by atoms with E-state index in [1.54, 1.807) is 37.3 Å². The number of carboxylic acids is 1. The zero-order valence-corrected chi connectivity index (χ0v) is 18.7. The Morgan fingerprint density at radius 3 is 2.68 bits per heavy atom. The SMILES string of the molecule is COc1cc(/C=C2\C(=O)N(c3cccc(C(=O)O)c3)N=C2C)cc(I)c1OCC(N)=O. The van der Waals surface area contributed by atoms with Crippen LogP contribution in [-0.4, -0.2) is 42.3 Å². The number of hydrazone groups is 1. The first-order chi connectivity index (χ1) is 14.7. The van der Waals surface area contributed by atoms with Crippen LogP contribution in [0.2, 0.25) is 0 Å². The molecule has 0 unspecified atom stereocenters. The average Bonchev–Trinajstić information content (AvgIpc) is 3.00. The van der Waals surface area contributed by atoms with Gasteiger partial charge in [-0.15, -0.1) is 0 Å². The number of primary amides is 1. The molecule has 2 aromatic rings. The smallest absolute Gasteiger partial charge is 0.335 e. The molecule has 0 saturated heterocycles. The number of carboxylic acid groups (broad SMARTS) is 1. The first-order valence-corrected chi connectivity index (χ1v) is 10.0. The molecular weight excluding hydrogens is 517 g/mol. The van der Waals surface area contributed by atoms with E-state index < -0.39 is 11.9 Å². The van der Waals surface area contributed by atoms with Crippen molar-refractivity contribution in [3.63, 3.8) is 0 Å². The molecule has 9 nitrogen and oxygen atoms in total. The van der Waals surface area contributed by atoms with Gasteiger partial charge in [-0.3, -0.25) is 9.59 Å². The van der Waals surface area contributed by atoms with Gasteiger partial charge in [-0.2, -0.15) is 10.1 Å². The summed E-state index contributed by atoms with van der Waals surface area (Å²) in [6, 6.07) is 9.42. The van der Waals surface area contributed by atoms with Crippen molar-refractivity contribution in [2.24, 2.45) is 10.8 Å². The molecule has 160 valence electrons. The van der Waals surface area contributed by atoms with E-state index in [2.05, 4.69) is 5.10 Å². The van der Waals surface area contributed by atoms with Crippen molar-refractivity contribution in [1.29, 1.82) is 0 Å². The lowest BCUT2D eigenvalue weighted by atomic mass is 10.1. The van der Waals surface area contributed by atoms with Crippen molar-refractivity contribution in [3.05, 3.63) is 56.7 Å². The summed E-state index contributed by atoms with van der Waals surface area (Å²) in [5.74, 6) is -1.34. The van der Waals surface area contributed by atoms with Crippen LogP contribution in [0.25, 0.3) is 6.08 Å². The third-order valence-corrected chi connectivity index (χ3v) is 5.12. The molecule has 1 heterocycles. The maximum absolute atomic E-state index is 13.0. The first-order valence-electron chi connectivity index (χ1n) is 8.95. The lowest BCUT2D eigenvalue weighted by molar-refractivity contribution is -0.120. The van der Waals surface area contributed by atoms with Gasteiger partial charge in [0.1, 0.15) is 0 Å². The summed E-state index contributed by atoms with van der Waals surface area (Å²) < 4.78 is 11.4. The monoisotopic (exact) mass is 535 g/mol. The Labute approximate surface area is 191 Å². The highest BCUT2D eigenvalue weighted by molar-refractivity contribution is 14.1. The molecule has 0 aliphatic carbocycles. The Balaban J connectivity index is 1.94. The fourth-order valence-corrected chi connectivity index (χ4v) is 3.68. The lowest BCUT2D eigenvalue weighted by Gasteiger charge is -2.13. The number of anilines is 1. The van der Waals surface area contributed by atoms with E-state index in [4.69, 9.17) is 15.2 Å². The topological polar surface area (TPSA) is 132 Å². The fourth-order valence-electron chi connectivity index (χ4n) is 2.90. The summed E-state index contributed by atoms with van der Waals surface area (Å²) in [6.07, 6.45) is 1.66. The number of carbonyl (C=O) groups excluding carboxylic acids is 2. The lowest BCUT2D eigenvalue weighted by Crippen LogP contribution is -2.21. The zero-order chi connectivity index (χ0) is 22.7. The van der Waals surface area contributed by atoms with Crippen LogP contribution in [-0.2, 0) is 9.59 Å². The van der Waals surface area contributed by atoms with Gasteiger partial charge in [-0.25, -0.2) is 4.79 Å². The van der Waals surface area contributed by atoms with Crippen molar-refractivity contribution in [2.45, 2.75) is 6.92 Å². The number of hydrogen-bond acceptors (Lipinski definition) is 6. The van der Waals surface area contributed by atoms with Gasteiger partial charge in [0.25, 0.3) is 11.8 Å². The van der Waals surface area contributed by atoms with Gasteiger partial charge >= 0.3 is 5.97 Å². The summed E-state index contributed by atoms with van der Waals surface area (Å²) in [6.45, 7) is 1.40. The second-order valence-electron chi connectivity index (χ2n) is 6.50. The van der Waals surface area contributed by atoms with Crippen LogP contribution in [0.15, 0.2) is 47.1 Å². The molecule has 0 aromatic heterocycles. The predicted molar refractivity (Wildman–Crippen MR) is 122 cm³/mol. The maximum atomic E-state index is 13.0. The summed E-state index contributed by atoms with van der Waals surface area (Å²) in [5.41, 5.74) is 7.04. The molecule has 1 aliphatic rings. The molecule has 3 N–H and O–H groups in total. The standard InChI is InChI=1S/C21H18IN3O6/c1-11-15(20(27)25(24-11)14-5-3-4-13(9-14)21(28)29)6-12-7-16(22)19(17(8-12)30-2)31-10-18(23)26/h3-9H,10H2,1-2H3,(H2,23,26)(H,28,29)/b15-6-. The second-order valence-corrected chi connectivity index (χ2v) is 7.67. The van der Waals surface area contributed by atoms with E-state index in [0.29, 0.717) is 37.6 Å². The summed E-state index contributed by atoms with van der Waals surface area (Å²) in [7, 11) is 1.46. The number of hydrogen-bond donors (Lipinski definition) is 2. The van der Waals surface area contributed by atoms with Crippen LogP contribution in [0.5, 0.6) is 11.5 Å². The van der Waals surface area contributed by atoms with Crippen molar-refractivity contribution >= 4 is 57.8 Å². The number of benzene rings is 2. The van der Waals surface area contributed by atoms with Gasteiger partial charge in [0.05, 0.1) is 33.2 Å². The third-order valence-electron chi connectivity index (χ3n) is 4.32. The van der Waals surface area contributed by atoms with Gasteiger partial charge < -0.3 is 20.3 Å². The largest absolute Gasteiger partial charge is 0.493 e. The van der Waals surface area contributed by atoms with Gasteiger partial charge in [-0.05, 0) is 71.5 Å². The number of nitrogens with two attached hydrogens (primary N) is 1. The Kier molecular flexibility index (Phi) is 6.59. The van der Waals surface area contributed by atoms with Crippen molar-refractivity contribution < 1.29 is 29.0 Å². The van der Waals surface area contributed by atoms with Gasteiger partial charge in [0.2, 0.25) is 0 Å². The Morgan fingerprint density at radius 1 is 1.29 bits per heavy atom. The number of halogens is 1. The minimum Gasteiger partial charge on any atom is -0.493 e. The van der Waals surface area contributed by atoms with Gasteiger partial charge in [0.15, 0.2) is 18.1 Å². The van der Waals surface area contributed by atoms with Gasteiger partial charge in [-0.1, -0.05) is 6.07 Å². The zero-order valence-electron chi connectivity index (χ0n) is 16.6. The Bertz CT molecular complexity index is 1140. The van der Waals surface area contributed by atoms with Crippen LogP contribution >= 0.6 is 22.6 Å². The predicted octanol–water partition coefficient (Wildman–Crippen LogP) is 2.67. The van der Waals surface area contributed by atoms with E-state index in [0.717, 1.165) is 0 Å². The highest BCUT2D eigenvalue weighted by Gasteiger charge is 2.29. The number of aromatic carboxylic acids is 1. The van der Waals surface area contributed by atoms with E-state index in [-0.39, 0.29) is 18.1 Å². The fraction of sp³-hybridized carbons (Fsp3) is 0.143. The highest BCUT2D eigenvalue weighted by atomic mass is 127. The minimum atomic E-state index is -1.09. The number of ether oxygens (including phenoxy) is 2. The molecule has 0 bridgehead atoms. The highest BCUT2D eigenvalue weighted by Crippen LogP contribution is 2.35. The van der Waals surface area contributed by atoms with E-state index in [1.807, 2.05) is 22.6 Å². The Morgan fingerprint density at radius 2 is 2.03 bits per heavy atom. The van der Waals surface area contributed by atoms with Gasteiger partial charge in [0, 0.05) is 0 Å². The van der Waals surface area contributed by atoms with Crippen molar-refractivity contribution in [2.75, 3.05) is 18.7 Å². The molecule has 3 rings (SSSR count). The van der Waals surface area contributed by atoms with Crippen LogP contribution in [0.4, 0.5) is 5.69 Å². The van der Waals surface area contributed by atoms with Crippen LogP contribution < -0.4 is 20.2 Å². The molecule has 1 aliphatic heterocycles. The minimum absolute atomic E-state index is 0.0569. The number of amides is 2. The molecule has 10 heteroatoms. The molecule has 0 atom stereocenters. The molecule has 0 radical (unpaired) electrons. The summed E-state index contributed by atoms with van der Waals surface area (Å²) in [5, 5.41) is 14.6. The van der Waals surface area contributed by atoms with Crippen LogP contribution in [0.1, 0.15) is 22.8 Å². The molecule has 0 fully saturated rings. The van der Waals surface area contributed by atoms with E-state index in [9.17, 15) is 19.5 Å². The number of rotatable bonds is 7. The first kappa shape index (κ1) is 22.3. The number of nitrogens with zero attached hydrogens (tertiary/aromatic N) is 2. The van der Waals surface area contributed by atoms with Crippen LogP contribution in [0.3, 0.4) is 0 Å². The molecule has 2 amide bonds. The summed E-state index contributed by atoms with van der Waals surface area (Å²) >= 11 is 2.03. The van der Waals surface area contributed by atoms with E-state index >= 15 is 0 Å². The molecule has 0 saturated carbocycles. The number of methoxy groups -OCH3 is 1. The number of carbonyl (C=O) groups is 3. The molecular formula is C21H18IN3O6. The molecule has 2 aromatic carbocycles. The van der Waals surface area contributed by atoms with Crippen LogP contribution in [0, 0.1) is 3.57 Å². The second kappa shape index (κ2) is 9.16. The average molecular weight is 535 g/mol. The quantitative estimate of drug-likeness (QED) is 0.414. The van der Waals surface area contributed by atoms with Crippen molar-refractivity contribution in [1.82, 2.24) is 0 Å². The molecule has 31 heavy (non-hydrogen) atoms. The van der Waals surface area contributed by atoms with E-state index in [1.165, 1.54) is 24.3 Å². The Hall–Kier alpha value is -3.41. The maximum Gasteiger partial charge on any atom is 0.335 e. The van der Waals surface area contributed by atoms with Crippen molar-refractivity contribution in [3.8, 4) is 11.5 Å².